The summed E-state index contributed by atoms with van der Waals surface area (Å²) in [5.41, 5.74) is 0.605. The average molecular weight is 276 g/mol. The van der Waals surface area contributed by atoms with Crippen LogP contribution in [-0.4, -0.2) is 36.6 Å². The van der Waals surface area contributed by atoms with Crippen molar-refractivity contribution in [2.75, 3.05) is 25.2 Å². The number of hydrogen-bond donors (Lipinski definition) is 1. The number of hydrogen-bond acceptors (Lipinski definition) is 4. The molecule has 1 aromatic rings. The number of ether oxygens (including phenoxy) is 2. The summed E-state index contributed by atoms with van der Waals surface area (Å²) >= 11 is 0. The zero-order valence-corrected chi connectivity index (χ0v) is 11.1. The normalized spacial score (nSPS) is 16.3. The predicted molar refractivity (Wildman–Crippen MR) is 71.6 cm³/mol. The third-order valence-electron chi connectivity index (χ3n) is 3.43. The van der Waals surface area contributed by atoms with E-state index in [1.165, 1.54) is 0 Å². The standard InChI is InChI=1S/C14H16N2O4/c17-13(8-14(18)16-5-1-2-6-16)15-10-3-4-11-12(7-10)20-9-19-11/h3-4,7H,1-2,5-6,8-9H2,(H,15,17). The molecule has 2 aliphatic rings. The van der Waals surface area contributed by atoms with Crippen LogP contribution in [0.5, 0.6) is 11.5 Å². The topological polar surface area (TPSA) is 67.9 Å². The Morgan fingerprint density at radius 1 is 1.15 bits per heavy atom. The number of nitrogens with one attached hydrogen (secondary N) is 1. The average Bonchev–Trinajstić information content (AvgIpc) is 3.09. The highest BCUT2D eigenvalue weighted by Gasteiger charge is 2.21. The van der Waals surface area contributed by atoms with E-state index in [1.807, 2.05) is 0 Å². The molecule has 0 aromatic heterocycles. The Morgan fingerprint density at radius 2 is 1.90 bits per heavy atom. The van der Waals surface area contributed by atoms with E-state index in [0.29, 0.717) is 17.2 Å². The Hall–Kier alpha value is -2.24. The van der Waals surface area contributed by atoms with Gasteiger partial charge in [-0.1, -0.05) is 0 Å². The molecule has 1 fully saturated rings. The van der Waals surface area contributed by atoms with Gasteiger partial charge in [0.15, 0.2) is 11.5 Å². The first-order chi connectivity index (χ1) is 9.72. The molecule has 2 heterocycles. The molecule has 0 radical (unpaired) electrons. The van der Waals surface area contributed by atoms with Crippen molar-refractivity contribution < 1.29 is 19.1 Å². The summed E-state index contributed by atoms with van der Waals surface area (Å²) in [6.45, 7) is 1.71. The van der Waals surface area contributed by atoms with Crippen molar-refractivity contribution in [1.29, 1.82) is 0 Å². The number of fused-ring (bicyclic) bond motifs is 1. The maximum atomic E-state index is 11.9. The number of anilines is 1. The first kappa shape index (κ1) is 12.8. The summed E-state index contributed by atoms with van der Waals surface area (Å²) in [6.07, 6.45) is 1.93. The van der Waals surface area contributed by atoms with Gasteiger partial charge in [-0.15, -0.1) is 0 Å². The van der Waals surface area contributed by atoms with Crippen LogP contribution in [0.4, 0.5) is 5.69 Å². The van der Waals surface area contributed by atoms with Crippen molar-refractivity contribution in [2.24, 2.45) is 0 Å². The molecule has 106 valence electrons. The molecule has 0 atom stereocenters. The Bertz CT molecular complexity index is 538. The lowest BCUT2D eigenvalue weighted by Crippen LogP contribution is -2.31. The Balaban J connectivity index is 1.57. The maximum absolute atomic E-state index is 11.9. The zero-order valence-electron chi connectivity index (χ0n) is 11.1. The van der Waals surface area contributed by atoms with Crippen molar-refractivity contribution in [3.63, 3.8) is 0 Å². The molecular weight excluding hydrogens is 260 g/mol. The van der Waals surface area contributed by atoms with Gasteiger partial charge in [0.1, 0.15) is 6.42 Å². The van der Waals surface area contributed by atoms with Gasteiger partial charge in [-0.05, 0) is 25.0 Å². The van der Waals surface area contributed by atoms with Crippen LogP contribution < -0.4 is 14.8 Å². The molecule has 1 saturated heterocycles. The van der Waals surface area contributed by atoms with Gasteiger partial charge in [0.2, 0.25) is 18.6 Å². The lowest BCUT2D eigenvalue weighted by Gasteiger charge is -2.14. The molecule has 1 N–H and O–H groups in total. The molecule has 6 nitrogen and oxygen atoms in total. The number of nitrogens with zero attached hydrogens (tertiary/aromatic N) is 1. The fraction of sp³-hybridized carbons (Fsp3) is 0.429. The molecule has 0 spiro atoms. The van der Waals surface area contributed by atoms with Crippen LogP contribution in [-0.2, 0) is 9.59 Å². The van der Waals surface area contributed by atoms with Crippen molar-refractivity contribution in [2.45, 2.75) is 19.3 Å². The van der Waals surface area contributed by atoms with Gasteiger partial charge in [-0.25, -0.2) is 0 Å². The van der Waals surface area contributed by atoms with E-state index in [1.54, 1.807) is 23.1 Å². The van der Waals surface area contributed by atoms with Crippen LogP contribution in [0.2, 0.25) is 0 Å². The largest absolute Gasteiger partial charge is 0.454 e. The van der Waals surface area contributed by atoms with Crippen LogP contribution in [0, 0.1) is 0 Å². The Kier molecular flexibility index (Phi) is 3.45. The van der Waals surface area contributed by atoms with E-state index in [2.05, 4.69) is 5.32 Å². The Morgan fingerprint density at radius 3 is 2.70 bits per heavy atom. The molecular formula is C14H16N2O4. The van der Waals surface area contributed by atoms with Crippen LogP contribution >= 0.6 is 0 Å². The molecule has 0 unspecified atom stereocenters. The first-order valence-corrected chi connectivity index (χ1v) is 6.70. The van der Waals surface area contributed by atoms with Gasteiger partial charge in [-0.3, -0.25) is 9.59 Å². The summed E-state index contributed by atoms with van der Waals surface area (Å²) in [5.74, 6) is 0.853. The molecule has 3 rings (SSSR count). The molecule has 0 saturated carbocycles. The van der Waals surface area contributed by atoms with Crippen LogP contribution in [0.15, 0.2) is 18.2 Å². The minimum atomic E-state index is -0.305. The van der Waals surface area contributed by atoms with E-state index in [9.17, 15) is 9.59 Å². The van der Waals surface area contributed by atoms with Crippen molar-refractivity contribution in [1.82, 2.24) is 4.90 Å². The van der Waals surface area contributed by atoms with E-state index in [0.717, 1.165) is 25.9 Å². The zero-order chi connectivity index (χ0) is 13.9. The molecule has 2 aliphatic heterocycles. The second-order valence-electron chi connectivity index (χ2n) is 4.88. The van der Waals surface area contributed by atoms with Gasteiger partial charge in [-0.2, -0.15) is 0 Å². The second-order valence-corrected chi connectivity index (χ2v) is 4.88. The Labute approximate surface area is 116 Å². The fourth-order valence-corrected chi connectivity index (χ4v) is 2.40. The van der Waals surface area contributed by atoms with Gasteiger partial charge >= 0.3 is 0 Å². The molecule has 0 bridgehead atoms. The summed E-state index contributed by atoms with van der Waals surface area (Å²) in [5, 5.41) is 2.70. The smallest absolute Gasteiger partial charge is 0.233 e. The molecule has 6 heteroatoms. The molecule has 2 amide bonds. The summed E-state index contributed by atoms with van der Waals surface area (Å²) in [7, 11) is 0. The summed E-state index contributed by atoms with van der Waals surface area (Å²) in [4.78, 5) is 25.4. The number of carbonyl (C=O) groups excluding carboxylic acids is 2. The van der Waals surface area contributed by atoms with Gasteiger partial charge < -0.3 is 19.7 Å². The van der Waals surface area contributed by atoms with Gasteiger partial charge in [0.25, 0.3) is 0 Å². The fourth-order valence-electron chi connectivity index (χ4n) is 2.40. The summed E-state index contributed by atoms with van der Waals surface area (Å²) in [6, 6.07) is 5.16. The highest BCUT2D eigenvalue weighted by molar-refractivity contribution is 6.03. The maximum Gasteiger partial charge on any atom is 0.233 e. The van der Waals surface area contributed by atoms with Gasteiger partial charge in [0, 0.05) is 24.8 Å². The van der Waals surface area contributed by atoms with Crippen molar-refractivity contribution >= 4 is 17.5 Å². The molecule has 0 aliphatic carbocycles. The third-order valence-corrected chi connectivity index (χ3v) is 3.43. The number of amides is 2. The summed E-state index contributed by atoms with van der Waals surface area (Å²) < 4.78 is 10.4. The van der Waals surface area contributed by atoms with Crippen molar-refractivity contribution in [3.8, 4) is 11.5 Å². The predicted octanol–water partition coefficient (Wildman–Crippen LogP) is 1.37. The monoisotopic (exact) mass is 276 g/mol. The van der Waals surface area contributed by atoms with Crippen LogP contribution in [0.3, 0.4) is 0 Å². The van der Waals surface area contributed by atoms with E-state index >= 15 is 0 Å². The lowest BCUT2D eigenvalue weighted by molar-refractivity contribution is -0.133. The van der Waals surface area contributed by atoms with E-state index < -0.39 is 0 Å². The number of carbonyl (C=O) groups is 2. The molecule has 1 aromatic carbocycles. The van der Waals surface area contributed by atoms with E-state index in [-0.39, 0.29) is 25.0 Å². The molecule has 20 heavy (non-hydrogen) atoms. The SMILES string of the molecule is O=C(CC(=O)N1CCCC1)Nc1ccc2c(c1)OCO2. The third kappa shape index (κ3) is 2.68. The number of rotatable bonds is 3. The number of benzene rings is 1. The number of likely N-dealkylation sites (tertiary alicyclic amines) is 1. The quantitative estimate of drug-likeness (QED) is 0.847. The van der Waals surface area contributed by atoms with E-state index in [4.69, 9.17) is 9.47 Å². The van der Waals surface area contributed by atoms with Crippen LogP contribution in [0.25, 0.3) is 0 Å². The van der Waals surface area contributed by atoms with Crippen LogP contribution in [0.1, 0.15) is 19.3 Å². The highest BCUT2D eigenvalue weighted by Crippen LogP contribution is 2.34. The minimum absolute atomic E-state index is 0.110. The van der Waals surface area contributed by atoms with Gasteiger partial charge in [0.05, 0.1) is 0 Å². The second kappa shape index (κ2) is 5.40. The first-order valence-electron chi connectivity index (χ1n) is 6.70. The lowest BCUT2D eigenvalue weighted by atomic mass is 10.2. The minimum Gasteiger partial charge on any atom is -0.454 e. The van der Waals surface area contributed by atoms with Crippen molar-refractivity contribution in [3.05, 3.63) is 18.2 Å². The highest BCUT2D eigenvalue weighted by atomic mass is 16.7.